The third-order valence-corrected chi connectivity index (χ3v) is 1.93. The topological polar surface area (TPSA) is 71.5 Å². The average Bonchev–Trinajstić information content (AvgIpc) is 2.37. The van der Waals surface area contributed by atoms with Crippen LogP contribution in [0.3, 0.4) is 0 Å². The van der Waals surface area contributed by atoms with Gasteiger partial charge in [-0.3, -0.25) is 9.78 Å². The molecule has 0 saturated carbocycles. The molecule has 0 aliphatic rings. The molecule has 1 amide bonds. The summed E-state index contributed by atoms with van der Waals surface area (Å²) in [7, 11) is 0. The number of nitrogens with one attached hydrogen (secondary N) is 1. The molecule has 0 radical (unpaired) electrons. The van der Waals surface area contributed by atoms with Gasteiger partial charge in [-0.05, 0) is 19.9 Å². The van der Waals surface area contributed by atoms with Gasteiger partial charge in [0, 0.05) is 24.5 Å². The maximum Gasteiger partial charge on any atom is 0.207 e. The third-order valence-electron chi connectivity index (χ3n) is 1.93. The zero-order valence-electron chi connectivity index (χ0n) is 12.1. The summed E-state index contributed by atoms with van der Waals surface area (Å²) in [6.07, 6.45) is 4.14. The molecule has 1 atom stereocenters. The lowest BCUT2D eigenvalue weighted by atomic mass is 10.1. The standard InChI is InChI=1S/C11H16N2O3.C3H8/c1-8(2)16-11-3-4-12-5-9(11)10(15)6-13-7-14;1-3-2/h3-5,7-8,10,15H,6H2,1-2H3,(H,13,14);3H2,1-2H3. The Morgan fingerprint density at radius 3 is 2.63 bits per heavy atom. The number of carbonyl (C=O) groups is 1. The van der Waals surface area contributed by atoms with Crippen LogP contribution in [0.1, 0.15) is 45.8 Å². The van der Waals surface area contributed by atoms with Crippen molar-refractivity contribution in [1.82, 2.24) is 10.3 Å². The van der Waals surface area contributed by atoms with Crippen LogP contribution >= 0.6 is 0 Å². The first-order valence-corrected chi connectivity index (χ1v) is 6.52. The van der Waals surface area contributed by atoms with Crippen LogP contribution in [0.25, 0.3) is 0 Å². The molecule has 5 nitrogen and oxygen atoms in total. The number of aliphatic hydroxyl groups is 1. The van der Waals surface area contributed by atoms with Crippen LogP contribution in [0.5, 0.6) is 5.75 Å². The molecular weight excluding hydrogens is 244 g/mol. The van der Waals surface area contributed by atoms with Gasteiger partial charge in [-0.15, -0.1) is 0 Å². The van der Waals surface area contributed by atoms with Crippen LogP contribution in [-0.2, 0) is 4.79 Å². The number of aliphatic hydroxyl groups excluding tert-OH is 1. The monoisotopic (exact) mass is 268 g/mol. The van der Waals surface area contributed by atoms with Crippen LogP contribution in [-0.4, -0.2) is 29.1 Å². The van der Waals surface area contributed by atoms with Gasteiger partial charge in [0.2, 0.25) is 6.41 Å². The van der Waals surface area contributed by atoms with Gasteiger partial charge in [0.15, 0.2) is 0 Å². The molecule has 0 bridgehead atoms. The first kappa shape index (κ1) is 17.4. The van der Waals surface area contributed by atoms with Crippen LogP contribution < -0.4 is 10.1 Å². The lowest BCUT2D eigenvalue weighted by Crippen LogP contribution is -2.20. The smallest absolute Gasteiger partial charge is 0.207 e. The Balaban J connectivity index is 0.000000982. The molecule has 0 aliphatic heterocycles. The van der Waals surface area contributed by atoms with Gasteiger partial charge < -0.3 is 15.2 Å². The van der Waals surface area contributed by atoms with E-state index in [2.05, 4.69) is 24.1 Å². The number of hydrogen-bond acceptors (Lipinski definition) is 4. The summed E-state index contributed by atoms with van der Waals surface area (Å²) in [4.78, 5) is 14.1. The van der Waals surface area contributed by atoms with Crippen LogP contribution in [0.15, 0.2) is 18.5 Å². The van der Waals surface area contributed by atoms with Gasteiger partial charge in [-0.25, -0.2) is 0 Å². The minimum atomic E-state index is -0.812. The molecule has 2 N–H and O–H groups in total. The Bertz CT molecular complexity index is 356. The first-order valence-electron chi connectivity index (χ1n) is 6.52. The zero-order chi connectivity index (χ0) is 14.7. The molecule has 19 heavy (non-hydrogen) atoms. The van der Waals surface area contributed by atoms with Crippen molar-refractivity contribution in [2.24, 2.45) is 0 Å². The highest BCUT2D eigenvalue weighted by atomic mass is 16.5. The van der Waals surface area contributed by atoms with Crippen LogP contribution in [0.4, 0.5) is 0 Å². The number of hydrogen-bond donors (Lipinski definition) is 2. The molecule has 0 aliphatic carbocycles. The first-order chi connectivity index (χ1) is 9.06. The van der Waals surface area contributed by atoms with E-state index < -0.39 is 6.10 Å². The Labute approximate surface area is 115 Å². The predicted octanol–water partition coefficient (Wildman–Crippen LogP) is 2.06. The van der Waals surface area contributed by atoms with Crippen molar-refractivity contribution in [3.05, 3.63) is 24.0 Å². The maximum atomic E-state index is 10.1. The summed E-state index contributed by atoms with van der Waals surface area (Å²) < 4.78 is 5.53. The Kier molecular flexibility index (Phi) is 9.44. The summed E-state index contributed by atoms with van der Waals surface area (Å²) in [5.41, 5.74) is 0.575. The van der Waals surface area contributed by atoms with Crippen molar-refractivity contribution in [3.63, 3.8) is 0 Å². The molecule has 1 aromatic heterocycles. The molecule has 1 rings (SSSR count). The van der Waals surface area contributed by atoms with E-state index in [1.165, 1.54) is 12.6 Å². The summed E-state index contributed by atoms with van der Waals surface area (Å²) in [5, 5.41) is 12.2. The second-order valence-corrected chi connectivity index (χ2v) is 4.33. The summed E-state index contributed by atoms with van der Waals surface area (Å²) in [6.45, 7) is 8.20. The fraction of sp³-hybridized carbons (Fsp3) is 0.571. The van der Waals surface area contributed by atoms with E-state index in [1.807, 2.05) is 13.8 Å². The molecule has 1 unspecified atom stereocenters. The van der Waals surface area contributed by atoms with Crippen molar-refractivity contribution in [3.8, 4) is 5.75 Å². The quantitative estimate of drug-likeness (QED) is 0.775. The normalized spacial score (nSPS) is 11.3. The van der Waals surface area contributed by atoms with E-state index in [0.29, 0.717) is 17.7 Å². The maximum absolute atomic E-state index is 10.1. The van der Waals surface area contributed by atoms with E-state index in [9.17, 15) is 9.90 Å². The Morgan fingerprint density at radius 1 is 1.47 bits per heavy atom. The molecule has 1 aromatic rings. The highest BCUT2D eigenvalue weighted by molar-refractivity contribution is 5.46. The number of nitrogens with zero attached hydrogens (tertiary/aromatic N) is 1. The van der Waals surface area contributed by atoms with Crippen LogP contribution in [0.2, 0.25) is 0 Å². The Morgan fingerprint density at radius 2 is 2.11 bits per heavy atom. The second kappa shape index (κ2) is 10.3. The fourth-order valence-corrected chi connectivity index (χ4v) is 1.28. The molecule has 0 saturated heterocycles. The lowest BCUT2D eigenvalue weighted by molar-refractivity contribution is -0.110. The fourth-order valence-electron chi connectivity index (χ4n) is 1.28. The molecule has 0 fully saturated rings. The van der Waals surface area contributed by atoms with Crippen molar-refractivity contribution >= 4 is 6.41 Å². The number of amides is 1. The van der Waals surface area contributed by atoms with E-state index in [-0.39, 0.29) is 12.6 Å². The molecule has 0 spiro atoms. The van der Waals surface area contributed by atoms with E-state index in [1.54, 1.807) is 12.3 Å². The van der Waals surface area contributed by atoms with Gasteiger partial charge in [-0.2, -0.15) is 0 Å². The average molecular weight is 268 g/mol. The van der Waals surface area contributed by atoms with Crippen LogP contribution in [0, 0.1) is 0 Å². The molecular formula is C14H24N2O3. The number of aromatic nitrogens is 1. The minimum absolute atomic E-state index is 0.0207. The minimum Gasteiger partial charge on any atom is -0.491 e. The summed E-state index contributed by atoms with van der Waals surface area (Å²) in [6, 6.07) is 1.69. The van der Waals surface area contributed by atoms with Gasteiger partial charge in [-0.1, -0.05) is 20.3 Å². The third kappa shape index (κ3) is 7.41. The predicted molar refractivity (Wildman–Crippen MR) is 75.0 cm³/mol. The molecule has 0 aromatic carbocycles. The highest BCUT2D eigenvalue weighted by Gasteiger charge is 2.14. The zero-order valence-corrected chi connectivity index (χ0v) is 12.1. The number of ether oxygens (including phenoxy) is 1. The van der Waals surface area contributed by atoms with Gasteiger partial charge >= 0.3 is 0 Å². The summed E-state index contributed by atoms with van der Waals surface area (Å²) >= 11 is 0. The van der Waals surface area contributed by atoms with E-state index in [4.69, 9.17) is 4.74 Å². The van der Waals surface area contributed by atoms with Crippen molar-refractivity contribution < 1.29 is 14.6 Å². The molecule has 5 heteroatoms. The molecule has 108 valence electrons. The van der Waals surface area contributed by atoms with Gasteiger partial charge in [0.05, 0.1) is 6.10 Å². The van der Waals surface area contributed by atoms with E-state index >= 15 is 0 Å². The number of pyridine rings is 1. The summed E-state index contributed by atoms with van der Waals surface area (Å²) in [5.74, 6) is 0.588. The number of rotatable bonds is 6. The van der Waals surface area contributed by atoms with Crippen molar-refractivity contribution in [2.45, 2.75) is 46.3 Å². The second-order valence-electron chi connectivity index (χ2n) is 4.33. The van der Waals surface area contributed by atoms with Gasteiger partial charge in [0.25, 0.3) is 0 Å². The lowest BCUT2D eigenvalue weighted by Gasteiger charge is -2.17. The SMILES string of the molecule is CC(C)Oc1ccncc1C(O)CNC=O.CCC. The Hall–Kier alpha value is -1.62. The van der Waals surface area contributed by atoms with E-state index in [0.717, 1.165) is 0 Å². The molecule has 1 heterocycles. The highest BCUT2D eigenvalue weighted by Crippen LogP contribution is 2.24. The van der Waals surface area contributed by atoms with Crippen molar-refractivity contribution in [1.29, 1.82) is 0 Å². The largest absolute Gasteiger partial charge is 0.491 e. The number of carbonyl (C=O) groups excluding carboxylic acids is 1. The van der Waals surface area contributed by atoms with Gasteiger partial charge in [0.1, 0.15) is 11.9 Å². The van der Waals surface area contributed by atoms with Crippen molar-refractivity contribution in [2.75, 3.05) is 6.54 Å².